The highest BCUT2D eigenvalue weighted by molar-refractivity contribution is 7.80. The third kappa shape index (κ3) is 3.65. The molecule has 1 amide bonds. The zero-order valence-electron chi connectivity index (χ0n) is 14.1. The highest BCUT2D eigenvalue weighted by Gasteiger charge is 2.32. The molecule has 1 saturated carbocycles. The van der Waals surface area contributed by atoms with Crippen LogP contribution in [0.3, 0.4) is 0 Å². The lowest BCUT2D eigenvalue weighted by atomic mass is 10.1. The zero-order valence-corrected chi connectivity index (χ0v) is 14.9. The molecule has 0 unspecified atom stereocenters. The van der Waals surface area contributed by atoms with E-state index in [0.717, 1.165) is 24.1 Å². The van der Waals surface area contributed by atoms with Crippen molar-refractivity contribution in [3.05, 3.63) is 64.8 Å². The number of thiocarbonyl (C=S) groups is 1. The van der Waals surface area contributed by atoms with Gasteiger partial charge in [-0.05, 0) is 67.9 Å². The summed E-state index contributed by atoms with van der Waals surface area (Å²) in [6, 6.07) is 9.85. The summed E-state index contributed by atoms with van der Waals surface area (Å²) in [7, 11) is 0. The molecule has 1 aliphatic carbocycles. The third-order valence-electron chi connectivity index (χ3n) is 4.20. The first-order valence-corrected chi connectivity index (χ1v) is 8.49. The van der Waals surface area contributed by atoms with Crippen molar-refractivity contribution in [1.29, 1.82) is 0 Å². The lowest BCUT2D eigenvalue weighted by Crippen LogP contribution is -2.36. The molecule has 0 aliphatic heterocycles. The van der Waals surface area contributed by atoms with E-state index in [-0.39, 0.29) is 11.6 Å². The smallest absolute Gasteiger partial charge is 0.251 e. The van der Waals surface area contributed by atoms with Crippen molar-refractivity contribution in [2.24, 2.45) is 5.73 Å². The van der Waals surface area contributed by atoms with Crippen LogP contribution in [0.2, 0.25) is 0 Å². The summed E-state index contributed by atoms with van der Waals surface area (Å²) in [6.45, 7) is 8.97. The molecule has 0 saturated heterocycles. The highest BCUT2D eigenvalue weighted by atomic mass is 32.1. The fraction of sp³-hybridized carbons (Fsp3) is 0.211. The standard InChI is InChI=1S/C19H17FN4OS/c1-11-9-12(3-8-17(11)22-2)23-19(26)24(13-4-5-13)14-6-7-15(18(21)25)16(20)10-14/h3,6-10,13H,4-5H2,1H3,(H2,21,25)(H,23,26). The van der Waals surface area contributed by atoms with Gasteiger partial charge >= 0.3 is 0 Å². The minimum Gasteiger partial charge on any atom is -0.366 e. The molecule has 1 aliphatic rings. The number of hydrogen-bond acceptors (Lipinski definition) is 2. The highest BCUT2D eigenvalue weighted by Crippen LogP contribution is 2.33. The van der Waals surface area contributed by atoms with Gasteiger partial charge in [0.2, 0.25) is 0 Å². The van der Waals surface area contributed by atoms with Crippen molar-refractivity contribution in [2.45, 2.75) is 25.8 Å². The van der Waals surface area contributed by atoms with Crippen LogP contribution in [0.15, 0.2) is 36.4 Å². The number of anilines is 2. The van der Waals surface area contributed by atoms with Gasteiger partial charge in [0.25, 0.3) is 5.91 Å². The monoisotopic (exact) mass is 368 g/mol. The summed E-state index contributed by atoms with van der Waals surface area (Å²) in [6.07, 6.45) is 1.91. The summed E-state index contributed by atoms with van der Waals surface area (Å²) in [5.41, 5.74) is 7.79. The Morgan fingerprint density at radius 3 is 2.62 bits per heavy atom. The number of hydrogen-bond donors (Lipinski definition) is 2. The predicted octanol–water partition coefficient (Wildman–Crippen LogP) is 4.15. The number of aryl methyl sites for hydroxylation is 1. The van der Waals surface area contributed by atoms with Crippen LogP contribution in [0.4, 0.5) is 21.5 Å². The third-order valence-corrected chi connectivity index (χ3v) is 4.49. The van der Waals surface area contributed by atoms with Crippen molar-refractivity contribution in [3.8, 4) is 0 Å². The second-order valence-electron chi connectivity index (χ2n) is 6.17. The molecular formula is C19H17FN4OS. The van der Waals surface area contributed by atoms with Gasteiger partial charge in [0, 0.05) is 17.4 Å². The van der Waals surface area contributed by atoms with Crippen molar-refractivity contribution in [2.75, 3.05) is 10.2 Å². The van der Waals surface area contributed by atoms with Crippen molar-refractivity contribution < 1.29 is 9.18 Å². The number of carbonyl (C=O) groups excluding carboxylic acids is 1. The van der Waals surface area contributed by atoms with Crippen LogP contribution in [0.25, 0.3) is 4.85 Å². The molecule has 1 fully saturated rings. The second kappa shape index (κ2) is 7.10. The van der Waals surface area contributed by atoms with Crippen molar-refractivity contribution >= 4 is 40.3 Å². The number of rotatable bonds is 4. The fourth-order valence-electron chi connectivity index (χ4n) is 2.72. The number of amides is 1. The van der Waals surface area contributed by atoms with Gasteiger partial charge < -0.3 is 16.0 Å². The molecule has 2 aromatic rings. The fourth-order valence-corrected chi connectivity index (χ4v) is 3.10. The van der Waals surface area contributed by atoms with Crippen LogP contribution in [0, 0.1) is 19.3 Å². The van der Waals surface area contributed by atoms with Gasteiger partial charge in [0.1, 0.15) is 5.82 Å². The second-order valence-corrected chi connectivity index (χ2v) is 6.56. The molecule has 0 spiro atoms. The van der Waals surface area contributed by atoms with Crippen LogP contribution in [0.1, 0.15) is 28.8 Å². The van der Waals surface area contributed by atoms with E-state index in [9.17, 15) is 9.18 Å². The molecular weight excluding hydrogens is 351 g/mol. The molecule has 132 valence electrons. The Morgan fingerprint density at radius 1 is 1.35 bits per heavy atom. The molecule has 0 atom stereocenters. The molecule has 0 aromatic heterocycles. The largest absolute Gasteiger partial charge is 0.366 e. The summed E-state index contributed by atoms with van der Waals surface area (Å²) in [4.78, 5) is 16.5. The van der Waals surface area contributed by atoms with Gasteiger partial charge in [-0.2, -0.15) is 0 Å². The molecule has 3 N–H and O–H groups in total. The number of nitrogens with zero attached hydrogens (tertiary/aromatic N) is 2. The van der Waals surface area contributed by atoms with Crippen LogP contribution in [-0.2, 0) is 0 Å². The van der Waals surface area contributed by atoms with Crippen LogP contribution < -0.4 is 16.0 Å². The quantitative estimate of drug-likeness (QED) is 0.629. The lowest BCUT2D eigenvalue weighted by molar-refractivity contribution is 0.0996. The van der Waals surface area contributed by atoms with E-state index in [1.54, 1.807) is 18.2 Å². The normalized spacial score (nSPS) is 13.0. The van der Waals surface area contributed by atoms with E-state index in [0.29, 0.717) is 16.5 Å². The molecule has 0 heterocycles. The summed E-state index contributed by atoms with van der Waals surface area (Å²) in [5, 5.41) is 3.59. The van der Waals surface area contributed by atoms with Gasteiger partial charge in [0.15, 0.2) is 10.8 Å². The molecule has 2 aromatic carbocycles. The summed E-state index contributed by atoms with van der Waals surface area (Å²) < 4.78 is 14.2. The number of nitrogens with two attached hydrogens (primary N) is 1. The Labute approximate surface area is 156 Å². The minimum absolute atomic E-state index is 0.145. The Morgan fingerprint density at radius 2 is 2.08 bits per heavy atom. The SMILES string of the molecule is [C-]#[N+]c1ccc(NC(=S)N(c2ccc(C(N)=O)c(F)c2)C2CC2)cc1C. The van der Waals surface area contributed by atoms with Crippen molar-refractivity contribution in [3.63, 3.8) is 0 Å². The topological polar surface area (TPSA) is 62.7 Å². The number of carbonyl (C=O) groups is 1. The van der Waals surface area contributed by atoms with Gasteiger partial charge in [-0.1, -0.05) is 6.07 Å². The zero-order chi connectivity index (χ0) is 18.8. The Balaban J connectivity index is 1.85. The van der Waals surface area contributed by atoms with Crippen molar-refractivity contribution in [1.82, 2.24) is 0 Å². The van der Waals surface area contributed by atoms with E-state index in [4.69, 9.17) is 24.5 Å². The first-order valence-electron chi connectivity index (χ1n) is 8.08. The molecule has 0 radical (unpaired) electrons. The summed E-state index contributed by atoms with van der Waals surface area (Å²) in [5.74, 6) is -1.47. The average molecular weight is 368 g/mol. The molecule has 7 heteroatoms. The van der Waals surface area contributed by atoms with E-state index in [1.165, 1.54) is 12.1 Å². The van der Waals surface area contributed by atoms with E-state index in [2.05, 4.69) is 10.2 Å². The van der Waals surface area contributed by atoms with E-state index >= 15 is 0 Å². The average Bonchev–Trinajstić information content (AvgIpc) is 3.40. The van der Waals surface area contributed by atoms with Gasteiger partial charge in [-0.25, -0.2) is 9.24 Å². The molecule has 5 nitrogen and oxygen atoms in total. The Hall–Kier alpha value is -2.98. The maximum absolute atomic E-state index is 14.2. The summed E-state index contributed by atoms with van der Waals surface area (Å²) >= 11 is 5.53. The van der Waals surface area contributed by atoms with Gasteiger partial charge in [-0.3, -0.25) is 4.79 Å². The van der Waals surface area contributed by atoms with Gasteiger partial charge in [-0.15, -0.1) is 0 Å². The maximum Gasteiger partial charge on any atom is 0.251 e. The molecule has 26 heavy (non-hydrogen) atoms. The predicted molar refractivity (Wildman–Crippen MR) is 104 cm³/mol. The Kier molecular flexibility index (Phi) is 4.87. The number of primary amides is 1. The first kappa shape index (κ1) is 17.8. The number of benzene rings is 2. The van der Waals surface area contributed by atoms with Gasteiger partial charge in [0.05, 0.1) is 12.1 Å². The van der Waals surface area contributed by atoms with Crippen LogP contribution in [0.5, 0.6) is 0 Å². The van der Waals surface area contributed by atoms with E-state index in [1.807, 2.05) is 17.9 Å². The Bertz CT molecular complexity index is 934. The first-order chi connectivity index (χ1) is 12.4. The lowest BCUT2D eigenvalue weighted by Gasteiger charge is -2.26. The molecule has 3 rings (SSSR count). The minimum atomic E-state index is -0.803. The maximum atomic E-state index is 14.2. The van der Waals surface area contributed by atoms with E-state index < -0.39 is 11.7 Å². The van der Waals surface area contributed by atoms with Crippen LogP contribution >= 0.6 is 12.2 Å². The molecule has 0 bridgehead atoms. The van der Waals surface area contributed by atoms with Crippen LogP contribution in [-0.4, -0.2) is 17.1 Å². The number of halogens is 1. The number of nitrogens with one attached hydrogen (secondary N) is 1.